The van der Waals surface area contributed by atoms with Crippen LogP contribution in [0.1, 0.15) is 36.7 Å². The first kappa shape index (κ1) is 12.8. The maximum Gasteiger partial charge on any atom is 0.0518 e. The van der Waals surface area contributed by atoms with Crippen molar-refractivity contribution >= 4 is 0 Å². The van der Waals surface area contributed by atoms with Crippen LogP contribution in [0.4, 0.5) is 0 Å². The zero-order valence-corrected chi connectivity index (χ0v) is 11.4. The number of benzene rings is 1. The lowest BCUT2D eigenvalue weighted by molar-refractivity contribution is 0.548. The third-order valence-corrected chi connectivity index (χ3v) is 3.40. The first-order chi connectivity index (χ1) is 8.70. The third-order valence-electron chi connectivity index (χ3n) is 3.40. The summed E-state index contributed by atoms with van der Waals surface area (Å²) in [5.41, 5.74) is 3.92. The van der Waals surface area contributed by atoms with E-state index in [0.29, 0.717) is 6.04 Å². The number of nitrogens with one attached hydrogen (secondary N) is 1. The van der Waals surface area contributed by atoms with Crippen molar-refractivity contribution in [1.82, 2.24) is 15.1 Å². The van der Waals surface area contributed by atoms with E-state index in [0.717, 1.165) is 13.0 Å². The molecule has 18 heavy (non-hydrogen) atoms. The molecule has 0 amide bonds. The van der Waals surface area contributed by atoms with Crippen molar-refractivity contribution in [3.63, 3.8) is 0 Å². The lowest BCUT2D eigenvalue weighted by Gasteiger charge is -2.14. The topological polar surface area (TPSA) is 29.9 Å². The molecule has 3 heteroatoms. The Bertz CT molecular complexity index is 485. The van der Waals surface area contributed by atoms with E-state index >= 15 is 0 Å². The fourth-order valence-corrected chi connectivity index (χ4v) is 1.99. The Hall–Kier alpha value is -1.61. The highest BCUT2D eigenvalue weighted by Crippen LogP contribution is 2.14. The van der Waals surface area contributed by atoms with E-state index in [2.05, 4.69) is 48.5 Å². The second kappa shape index (κ2) is 5.83. The third kappa shape index (κ3) is 2.99. The molecule has 0 saturated carbocycles. The van der Waals surface area contributed by atoms with Crippen LogP contribution in [0, 0.1) is 0 Å². The number of aryl methyl sites for hydroxylation is 2. The Kier molecular flexibility index (Phi) is 4.15. The minimum atomic E-state index is 0.353. The first-order valence-corrected chi connectivity index (χ1v) is 6.49. The molecule has 1 unspecified atom stereocenters. The second-order valence-electron chi connectivity index (χ2n) is 4.64. The van der Waals surface area contributed by atoms with E-state index < -0.39 is 0 Å². The Balaban J connectivity index is 1.94. The van der Waals surface area contributed by atoms with Crippen molar-refractivity contribution in [2.75, 3.05) is 0 Å². The molecule has 0 bridgehead atoms. The standard InChI is InChI=1S/C15H21N3/c1-4-13-5-7-14(8-6-13)12(2)16-11-15-9-10-17-18(15)3/h5-10,12,16H,4,11H2,1-3H3. The van der Waals surface area contributed by atoms with Gasteiger partial charge in [-0.05, 0) is 30.5 Å². The monoisotopic (exact) mass is 243 g/mol. The zero-order valence-electron chi connectivity index (χ0n) is 11.4. The Morgan fingerprint density at radius 1 is 1.22 bits per heavy atom. The van der Waals surface area contributed by atoms with Crippen molar-refractivity contribution in [3.05, 3.63) is 53.3 Å². The highest BCUT2D eigenvalue weighted by atomic mass is 15.3. The van der Waals surface area contributed by atoms with Gasteiger partial charge < -0.3 is 5.32 Å². The highest BCUT2D eigenvalue weighted by Gasteiger charge is 2.06. The lowest BCUT2D eigenvalue weighted by Crippen LogP contribution is -2.19. The predicted molar refractivity (Wildman–Crippen MR) is 74.3 cm³/mol. The lowest BCUT2D eigenvalue weighted by atomic mass is 10.1. The van der Waals surface area contributed by atoms with Gasteiger partial charge in [0.1, 0.15) is 0 Å². The summed E-state index contributed by atoms with van der Waals surface area (Å²) in [6.07, 6.45) is 2.93. The summed E-state index contributed by atoms with van der Waals surface area (Å²) in [6, 6.07) is 11.2. The Morgan fingerprint density at radius 3 is 2.50 bits per heavy atom. The van der Waals surface area contributed by atoms with Crippen LogP contribution < -0.4 is 5.32 Å². The number of hydrogen-bond donors (Lipinski definition) is 1. The molecule has 96 valence electrons. The molecule has 0 fully saturated rings. The average Bonchev–Trinajstić information content (AvgIpc) is 2.81. The molecule has 2 aromatic rings. The minimum absolute atomic E-state index is 0.353. The van der Waals surface area contributed by atoms with E-state index in [-0.39, 0.29) is 0 Å². The maximum atomic E-state index is 4.17. The van der Waals surface area contributed by atoms with Gasteiger partial charge in [-0.25, -0.2) is 0 Å². The summed E-state index contributed by atoms with van der Waals surface area (Å²) in [4.78, 5) is 0. The molecule has 0 radical (unpaired) electrons. The molecule has 1 N–H and O–H groups in total. The van der Waals surface area contributed by atoms with Gasteiger partial charge in [0.2, 0.25) is 0 Å². The molecule has 3 nitrogen and oxygen atoms in total. The summed E-state index contributed by atoms with van der Waals surface area (Å²) in [5.74, 6) is 0. The van der Waals surface area contributed by atoms with Gasteiger partial charge >= 0.3 is 0 Å². The molecule has 0 aliphatic rings. The minimum Gasteiger partial charge on any atom is -0.305 e. The van der Waals surface area contributed by atoms with Gasteiger partial charge in [0.25, 0.3) is 0 Å². The summed E-state index contributed by atoms with van der Waals surface area (Å²) < 4.78 is 1.90. The summed E-state index contributed by atoms with van der Waals surface area (Å²) in [6.45, 7) is 5.21. The van der Waals surface area contributed by atoms with Crippen molar-refractivity contribution in [2.24, 2.45) is 7.05 Å². The van der Waals surface area contributed by atoms with Crippen molar-refractivity contribution in [2.45, 2.75) is 32.9 Å². The first-order valence-electron chi connectivity index (χ1n) is 6.49. The fourth-order valence-electron chi connectivity index (χ4n) is 1.99. The van der Waals surface area contributed by atoms with E-state index in [9.17, 15) is 0 Å². The summed E-state index contributed by atoms with van der Waals surface area (Å²) in [5, 5.41) is 7.69. The van der Waals surface area contributed by atoms with Gasteiger partial charge in [-0.15, -0.1) is 0 Å². The van der Waals surface area contributed by atoms with Crippen LogP contribution in [0.2, 0.25) is 0 Å². The van der Waals surface area contributed by atoms with Gasteiger partial charge in [0, 0.05) is 25.8 Å². The average molecular weight is 243 g/mol. The van der Waals surface area contributed by atoms with E-state index in [1.165, 1.54) is 16.8 Å². The van der Waals surface area contributed by atoms with Gasteiger partial charge in [0.05, 0.1) is 5.69 Å². The SMILES string of the molecule is CCc1ccc(C(C)NCc2ccnn2C)cc1. The quantitative estimate of drug-likeness (QED) is 0.875. The van der Waals surface area contributed by atoms with Crippen molar-refractivity contribution in [3.8, 4) is 0 Å². The van der Waals surface area contributed by atoms with E-state index in [1.807, 2.05) is 24.0 Å². The van der Waals surface area contributed by atoms with Crippen molar-refractivity contribution < 1.29 is 0 Å². The molecule has 1 heterocycles. The van der Waals surface area contributed by atoms with Crippen LogP contribution >= 0.6 is 0 Å². The second-order valence-corrected chi connectivity index (χ2v) is 4.64. The zero-order chi connectivity index (χ0) is 13.0. The molecule has 0 spiro atoms. The summed E-state index contributed by atoms with van der Waals surface area (Å²) in [7, 11) is 1.97. The Labute approximate surface area is 109 Å². The molecule has 1 atom stereocenters. The van der Waals surface area contributed by atoms with Gasteiger partial charge in [-0.3, -0.25) is 4.68 Å². The Morgan fingerprint density at radius 2 is 1.94 bits per heavy atom. The smallest absolute Gasteiger partial charge is 0.0518 e. The number of nitrogens with zero attached hydrogens (tertiary/aromatic N) is 2. The van der Waals surface area contributed by atoms with Crippen molar-refractivity contribution in [1.29, 1.82) is 0 Å². The highest BCUT2D eigenvalue weighted by molar-refractivity contribution is 5.24. The molecule has 0 aliphatic heterocycles. The van der Waals surface area contributed by atoms with Gasteiger partial charge in [0.15, 0.2) is 0 Å². The number of aromatic nitrogens is 2. The largest absolute Gasteiger partial charge is 0.305 e. The van der Waals surface area contributed by atoms with Gasteiger partial charge in [-0.2, -0.15) is 5.10 Å². The van der Waals surface area contributed by atoms with E-state index in [1.54, 1.807) is 0 Å². The molecule has 1 aromatic heterocycles. The molecule has 0 saturated heterocycles. The number of rotatable bonds is 5. The predicted octanol–water partition coefficient (Wildman–Crippen LogP) is 2.83. The molecule has 1 aromatic carbocycles. The van der Waals surface area contributed by atoms with Crippen LogP contribution in [-0.2, 0) is 20.0 Å². The molecular weight excluding hydrogens is 222 g/mol. The van der Waals surface area contributed by atoms with Crippen LogP contribution in [0.15, 0.2) is 36.5 Å². The summed E-state index contributed by atoms with van der Waals surface area (Å²) >= 11 is 0. The fraction of sp³-hybridized carbons (Fsp3) is 0.400. The number of hydrogen-bond acceptors (Lipinski definition) is 2. The van der Waals surface area contributed by atoms with Crippen LogP contribution in [-0.4, -0.2) is 9.78 Å². The van der Waals surface area contributed by atoms with Crippen LogP contribution in [0.5, 0.6) is 0 Å². The van der Waals surface area contributed by atoms with Crippen LogP contribution in [0.3, 0.4) is 0 Å². The van der Waals surface area contributed by atoms with Crippen LogP contribution in [0.25, 0.3) is 0 Å². The molecular formula is C15H21N3. The van der Waals surface area contributed by atoms with Gasteiger partial charge in [-0.1, -0.05) is 31.2 Å². The molecule has 0 aliphatic carbocycles. The normalized spacial score (nSPS) is 12.6. The maximum absolute atomic E-state index is 4.17. The van der Waals surface area contributed by atoms with E-state index in [4.69, 9.17) is 0 Å². The molecule has 2 rings (SSSR count).